The van der Waals surface area contributed by atoms with Crippen molar-refractivity contribution in [3.05, 3.63) is 21.9 Å². The van der Waals surface area contributed by atoms with Crippen LogP contribution in [0.15, 0.2) is 11.4 Å². The summed E-state index contributed by atoms with van der Waals surface area (Å²) >= 11 is 1.88. The Morgan fingerprint density at radius 1 is 1.33 bits per heavy atom. The molecule has 0 spiro atoms. The Bertz CT molecular complexity index is 388. The Hall–Kier alpha value is -0.340. The Morgan fingerprint density at radius 3 is 2.56 bits per heavy atom. The highest BCUT2D eigenvalue weighted by Crippen LogP contribution is 2.47. The van der Waals surface area contributed by atoms with Crippen LogP contribution in [0.4, 0.5) is 0 Å². The quantitative estimate of drug-likeness (QED) is 0.833. The standard InChI is InChI=1S/C16H27NS/c1-11-7-13(10-18-11)15-8-14(16(2,3)4)6-5-12(15)9-17/h7,10,12,14-15H,5-6,8-9,17H2,1-4H3. The molecular weight excluding hydrogens is 238 g/mol. The van der Waals surface area contributed by atoms with Gasteiger partial charge in [-0.2, -0.15) is 0 Å². The minimum absolute atomic E-state index is 0.433. The predicted octanol–water partition coefficient (Wildman–Crippen LogP) is 4.56. The van der Waals surface area contributed by atoms with Crippen LogP contribution in [0.25, 0.3) is 0 Å². The lowest BCUT2D eigenvalue weighted by atomic mass is 9.64. The van der Waals surface area contributed by atoms with Crippen LogP contribution >= 0.6 is 11.3 Å². The van der Waals surface area contributed by atoms with Crippen LogP contribution in [0.3, 0.4) is 0 Å². The molecule has 102 valence electrons. The number of aryl methyl sites for hydroxylation is 1. The average Bonchev–Trinajstić information content (AvgIpc) is 2.73. The summed E-state index contributed by atoms with van der Waals surface area (Å²) in [5.41, 5.74) is 7.97. The first-order chi connectivity index (χ1) is 8.41. The lowest BCUT2D eigenvalue weighted by molar-refractivity contribution is 0.133. The summed E-state index contributed by atoms with van der Waals surface area (Å²) in [6, 6.07) is 2.38. The fourth-order valence-electron chi connectivity index (χ4n) is 3.37. The van der Waals surface area contributed by atoms with Crippen LogP contribution < -0.4 is 5.73 Å². The molecule has 3 unspecified atom stereocenters. The van der Waals surface area contributed by atoms with Crippen molar-refractivity contribution in [2.45, 2.75) is 52.9 Å². The Balaban J connectivity index is 2.18. The van der Waals surface area contributed by atoms with E-state index in [4.69, 9.17) is 5.73 Å². The summed E-state index contributed by atoms with van der Waals surface area (Å²) in [4.78, 5) is 1.43. The lowest BCUT2D eigenvalue weighted by Gasteiger charge is -2.41. The molecule has 0 aromatic carbocycles. The van der Waals surface area contributed by atoms with Crippen LogP contribution in [-0.2, 0) is 0 Å². The van der Waals surface area contributed by atoms with E-state index in [9.17, 15) is 0 Å². The number of hydrogen-bond acceptors (Lipinski definition) is 2. The second-order valence-electron chi connectivity index (χ2n) is 6.97. The van der Waals surface area contributed by atoms with Gasteiger partial charge in [0.15, 0.2) is 0 Å². The molecule has 2 N–H and O–H groups in total. The molecular formula is C16H27NS. The average molecular weight is 265 g/mol. The smallest absolute Gasteiger partial charge is 0.00171 e. The van der Waals surface area contributed by atoms with Gasteiger partial charge in [-0.05, 0) is 72.9 Å². The predicted molar refractivity (Wildman–Crippen MR) is 81.1 cm³/mol. The minimum Gasteiger partial charge on any atom is -0.330 e. The molecule has 1 aliphatic carbocycles. The summed E-state index contributed by atoms with van der Waals surface area (Å²) in [7, 11) is 0. The van der Waals surface area contributed by atoms with E-state index in [2.05, 4.69) is 39.1 Å². The zero-order valence-electron chi connectivity index (χ0n) is 12.2. The van der Waals surface area contributed by atoms with E-state index < -0.39 is 0 Å². The second-order valence-corrected chi connectivity index (χ2v) is 8.08. The lowest BCUT2D eigenvalue weighted by Crippen LogP contribution is -2.33. The van der Waals surface area contributed by atoms with Crippen molar-refractivity contribution in [1.82, 2.24) is 0 Å². The van der Waals surface area contributed by atoms with Gasteiger partial charge in [-0.1, -0.05) is 20.8 Å². The highest BCUT2D eigenvalue weighted by molar-refractivity contribution is 7.10. The first-order valence-corrected chi connectivity index (χ1v) is 8.05. The van der Waals surface area contributed by atoms with Crippen molar-refractivity contribution >= 4 is 11.3 Å². The first kappa shape index (κ1) is 14.1. The molecule has 1 nitrogen and oxygen atoms in total. The maximum Gasteiger partial charge on any atom is 0.00171 e. The van der Waals surface area contributed by atoms with E-state index in [-0.39, 0.29) is 0 Å². The van der Waals surface area contributed by atoms with E-state index in [1.807, 2.05) is 11.3 Å². The molecule has 0 bridgehead atoms. The Morgan fingerprint density at radius 2 is 2.06 bits per heavy atom. The van der Waals surface area contributed by atoms with Crippen molar-refractivity contribution in [3.8, 4) is 0 Å². The highest BCUT2D eigenvalue weighted by atomic mass is 32.1. The molecule has 0 amide bonds. The van der Waals surface area contributed by atoms with Crippen molar-refractivity contribution in [1.29, 1.82) is 0 Å². The Kier molecular flexibility index (Phi) is 4.18. The topological polar surface area (TPSA) is 26.0 Å². The zero-order chi connectivity index (χ0) is 13.3. The number of thiophene rings is 1. The molecule has 18 heavy (non-hydrogen) atoms. The molecule has 1 heterocycles. The van der Waals surface area contributed by atoms with Crippen LogP contribution in [0, 0.1) is 24.2 Å². The van der Waals surface area contributed by atoms with E-state index >= 15 is 0 Å². The molecule has 1 aromatic rings. The fourth-order valence-corrected chi connectivity index (χ4v) is 4.14. The van der Waals surface area contributed by atoms with E-state index in [1.165, 1.54) is 24.1 Å². The summed E-state index contributed by atoms with van der Waals surface area (Å²) in [6.45, 7) is 10.2. The van der Waals surface area contributed by atoms with Gasteiger partial charge in [0, 0.05) is 4.88 Å². The fraction of sp³-hybridized carbons (Fsp3) is 0.750. The molecule has 1 fully saturated rings. The van der Waals surface area contributed by atoms with Gasteiger partial charge in [0.25, 0.3) is 0 Å². The number of nitrogens with two attached hydrogens (primary N) is 1. The molecule has 1 aliphatic rings. The van der Waals surface area contributed by atoms with Crippen LogP contribution in [-0.4, -0.2) is 6.54 Å². The van der Waals surface area contributed by atoms with E-state index in [1.54, 1.807) is 5.56 Å². The summed E-state index contributed by atoms with van der Waals surface area (Å²) in [5.74, 6) is 2.22. The van der Waals surface area contributed by atoms with Gasteiger partial charge in [-0.25, -0.2) is 0 Å². The Labute approximate surface area is 116 Å². The molecule has 2 heteroatoms. The van der Waals surface area contributed by atoms with Crippen LogP contribution in [0.1, 0.15) is 56.4 Å². The third-order valence-electron chi connectivity index (χ3n) is 4.70. The van der Waals surface area contributed by atoms with Crippen molar-refractivity contribution in [3.63, 3.8) is 0 Å². The van der Waals surface area contributed by atoms with Crippen molar-refractivity contribution in [2.75, 3.05) is 6.54 Å². The van der Waals surface area contributed by atoms with Gasteiger partial charge in [0.2, 0.25) is 0 Å². The summed E-state index contributed by atoms with van der Waals surface area (Å²) in [6.07, 6.45) is 3.98. The molecule has 1 saturated carbocycles. The molecule has 3 atom stereocenters. The molecule has 0 aliphatic heterocycles. The van der Waals surface area contributed by atoms with Gasteiger partial charge < -0.3 is 5.73 Å². The van der Waals surface area contributed by atoms with Crippen molar-refractivity contribution in [2.24, 2.45) is 23.0 Å². The number of hydrogen-bond donors (Lipinski definition) is 1. The van der Waals surface area contributed by atoms with E-state index in [0.717, 1.165) is 12.5 Å². The summed E-state index contributed by atoms with van der Waals surface area (Å²) < 4.78 is 0. The molecule has 0 radical (unpaired) electrons. The van der Waals surface area contributed by atoms with Gasteiger partial charge in [0.1, 0.15) is 0 Å². The third kappa shape index (κ3) is 2.97. The number of rotatable bonds is 2. The highest BCUT2D eigenvalue weighted by Gasteiger charge is 2.36. The van der Waals surface area contributed by atoms with Gasteiger partial charge in [-0.3, -0.25) is 0 Å². The normalized spacial score (nSPS) is 29.5. The third-order valence-corrected chi connectivity index (χ3v) is 5.58. The largest absolute Gasteiger partial charge is 0.330 e. The minimum atomic E-state index is 0.433. The maximum atomic E-state index is 6.00. The van der Waals surface area contributed by atoms with E-state index in [0.29, 0.717) is 17.3 Å². The molecule has 1 aromatic heterocycles. The first-order valence-electron chi connectivity index (χ1n) is 7.17. The van der Waals surface area contributed by atoms with Gasteiger partial charge >= 0.3 is 0 Å². The molecule has 0 saturated heterocycles. The molecule has 2 rings (SSSR count). The van der Waals surface area contributed by atoms with Crippen LogP contribution in [0.2, 0.25) is 0 Å². The monoisotopic (exact) mass is 265 g/mol. The van der Waals surface area contributed by atoms with Crippen LogP contribution in [0.5, 0.6) is 0 Å². The van der Waals surface area contributed by atoms with Gasteiger partial charge in [0.05, 0.1) is 0 Å². The maximum absolute atomic E-state index is 6.00. The van der Waals surface area contributed by atoms with Gasteiger partial charge in [-0.15, -0.1) is 11.3 Å². The van der Waals surface area contributed by atoms with Crippen molar-refractivity contribution < 1.29 is 0 Å². The second kappa shape index (κ2) is 5.34. The zero-order valence-corrected chi connectivity index (χ0v) is 13.0. The summed E-state index contributed by atoms with van der Waals surface area (Å²) in [5, 5.41) is 2.35. The SMILES string of the molecule is Cc1cc(C2CC(C(C)(C)C)CCC2CN)cs1.